The quantitative estimate of drug-likeness (QED) is 0.538. The van der Waals surface area contributed by atoms with Gasteiger partial charge in [-0.3, -0.25) is 9.48 Å². The Bertz CT molecular complexity index is 1140. The van der Waals surface area contributed by atoms with Crippen LogP contribution in [0.3, 0.4) is 0 Å². The summed E-state index contributed by atoms with van der Waals surface area (Å²) >= 11 is 5.97. The van der Waals surface area contributed by atoms with Gasteiger partial charge >= 0.3 is 0 Å². The molecule has 168 valence electrons. The number of hydrogen-bond donors (Lipinski definition) is 1. The minimum atomic E-state index is -0.738. The van der Waals surface area contributed by atoms with Crippen molar-refractivity contribution in [3.63, 3.8) is 0 Å². The fourth-order valence-corrected chi connectivity index (χ4v) is 3.40. The normalized spacial score (nSPS) is 12.4. The summed E-state index contributed by atoms with van der Waals surface area (Å²) in [6.45, 7) is 8.17. The number of oxazole rings is 1. The number of nitrogens with zero attached hydrogens (tertiary/aromatic N) is 4. The van der Waals surface area contributed by atoms with Crippen molar-refractivity contribution < 1.29 is 18.3 Å². The number of nitrogens with one attached hydrogen (secondary N) is 1. The molecule has 0 bridgehead atoms. The summed E-state index contributed by atoms with van der Waals surface area (Å²) in [5.74, 6) is -0.764. The van der Waals surface area contributed by atoms with Crippen molar-refractivity contribution in [3.8, 4) is 17.3 Å². The maximum atomic E-state index is 14.0. The second kappa shape index (κ2) is 9.51. The van der Waals surface area contributed by atoms with Crippen LogP contribution in [-0.4, -0.2) is 33.3 Å². The lowest BCUT2D eigenvalue weighted by Crippen LogP contribution is -2.36. The van der Waals surface area contributed by atoms with Crippen LogP contribution in [0.1, 0.15) is 49.6 Å². The van der Waals surface area contributed by atoms with E-state index in [0.29, 0.717) is 30.3 Å². The van der Waals surface area contributed by atoms with Crippen molar-refractivity contribution in [3.05, 3.63) is 58.6 Å². The maximum Gasteiger partial charge on any atom is 0.273 e. The molecule has 0 radical (unpaired) electrons. The Morgan fingerprint density at radius 2 is 2.22 bits per heavy atom. The van der Waals surface area contributed by atoms with Gasteiger partial charge in [-0.05, 0) is 45.9 Å². The van der Waals surface area contributed by atoms with Crippen LogP contribution in [0.4, 0.5) is 4.39 Å². The third kappa shape index (κ3) is 5.15. The van der Waals surface area contributed by atoms with E-state index in [1.54, 1.807) is 23.0 Å². The van der Waals surface area contributed by atoms with Crippen LogP contribution in [0.25, 0.3) is 11.3 Å². The molecule has 2 heterocycles. The number of carbonyl (C=O) groups is 1. The summed E-state index contributed by atoms with van der Waals surface area (Å²) in [5.41, 5.74) is 0.162. The first kappa shape index (κ1) is 23.4. The molecule has 1 N–H and O–H groups in total. The number of nitriles is 1. The standard InChI is InChI=1S/C22H23ClFN5O3/c1-5-32-22(3,4)21-27-19(12-31-21)20(30)26-13(2)11-29-7-6-18(28-29)14-8-16(23)15(10-25)17(24)9-14/h6-9,12-13H,5,11H2,1-4H3,(H,26,30)/t13-/m0/s1. The number of halogens is 2. The lowest BCUT2D eigenvalue weighted by atomic mass is 10.1. The van der Waals surface area contributed by atoms with Crippen molar-refractivity contribution in [2.45, 2.75) is 45.9 Å². The van der Waals surface area contributed by atoms with Gasteiger partial charge in [-0.15, -0.1) is 0 Å². The van der Waals surface area contributed by atoms with Gasteiger partial charge in [-0.1, -0.05) is 11.6 Å². The zero-order chi connectivity index (χ0) is 23.5. The molecule has 3 aromatic rings. The van der Waals surface area contributed by atoms with Crippen molar-refractivity contribution >= 4 is 17.5 Å². The Balaban J connectivity index is 1.65. The summed E-state index contributed by atoms with van der Waals surface area (Å²) in [7, 11) is 0. The minimum absolute atomic E-state index is 0.0252. The monoisotopic (exact) mass is 459 g/mol. The highest BCUT2D eigenvalue weighted by Crippen LogP contribution is 2.27. The first-order chi connectivity index (χ1) is 15.1. The van der Waals surface area contributed by atoms with Gasteiger partial charge in [-0.25, -0.2) is 9.37 Å². The van der Waals surface area contributed by atoms with Crippen LogP contribution in [0, 0.1) is 17.1 Å². The highest BCUT2D eigenvalue weighted by atomic mass is 35.5. The minimum Gasteiger partial charge on any atom is -0.445 e. The lowest BCUT2D eigenvalue weighted by Gasteiger charge is -2.20. The number of benzene rings is 1. The largest absolute Gasteiger partial charge is 0.445 e. The predicted molar refractivity (Wildman–Crippen MR) is 115 cm³/mol. The summed E-state index contributed by atoms with van der Waals surface area (Å²) in [6.07, 6.45) is 3.01. The molecule has 0 fully saturated rings. The van der Waals surface area contributed by atoms with Crippen LogP contribution in [0.5, 0.6) is 0 Å². The number of aromatic nitrogens is 3. The number of amides is 1. The average molecular weight is 460 g/mol. The molecular weight excluding hydrogens is 437 g/mol. The van der Waals surface area contributed by atoms with Crippen LogP contribution in [-0.2, 0) is 16.9 Å². The average Bonchev–Trinajstić information content (AvgIpc) is 3.38. The fourth-order valence-electron chi connectivity index (χ4n) is 3.15. The van der Waals surface area contributed by atoms with E-state index in [0.717, 1.165) is 0 Å². The molecule has 0 aliphatic heterocycles. The summed E-state index contributed by atoms with van der Waals surface area (Å²) in [5, 5.41) is 16.2. The molecule has 32 heavy (non-hydrogen) atoms. The molecule has 1 aromatic carbocycles. The predicted octanol–water partition coefficient (Wildman–Crippen LogP) is 4.29. The summed E-state index contributed by atoms with van der Waals surface area (Å²) < 4.78 is 26.7. The third-order valence-corrected chi connectivity index (χ3v) is 4.98. The number of hydrogen-bond acceptors (Lipinski definition) is 6. The SMILES string of the molecule is CCOC(C)(C)c1nc(C(=O)N[C@@H](C)Cn2ccc(-c3cc(F)c(C#N)c(Cl)c3)n2)co1. The smallest absolute Gasteiger partial charge is 0.273 e. The molecule has 1 amide bonds. The van der Waals surface area contributed by atoms with Gasteiger partial charge in [0.25, 0.3) is 5.91 Å². The molecular formula is C22H23ClFN5O3. The van der Waals surface area contributed by atoms with Gasteiger partial charge in [0.2, 0.25) is 5.89 Å². The van der Waals surface area contributed by atoms with Gasteiger partial charge in [0.05, 0.1) is 17.3 Å². The van der Waals surface area contributed by atoms with Gasteiger partial charge in [-0.2, -0.15) is 10.4 Å². The van der Waals surface area contributed by atoms with Gasteiger partial charge in [0.1, 0.15) is 29.3 Å². The Hall–Kier alpha value is -3.22. The van der Waals surface area contributed by atoms with Gasteiger partial charge in [0.15, 0.2) is 5.69 Å². The van der Waals surface area contributed by atoms with Crippen LogP contribution >= 0.6 is 11.6 Å². The molecule has 8 nitrogen and oxygen atoms in total. The molecule has 0 saturated carbocycles. The van der Waals surface area contributed by atoms with E-state index in [4.69, 9.17) is 26.0 Å². The molecule has 0 spiro atoms. The molecule has 2 aromatic heterocycles. The van der Waals surface area contributed by atoms with Gasteiger partial charge in [0, 0.05) is 24.4 Å². The van der Waals surface area contributed by atoms with E-state index in [-0.39, 0.29) is 28.2 Å². The summed E-state index contributed by atoms with van der Waals surface area (Å²) in [6, 6.07) is 5.86. The third-order valence-electron chi connectivity index (χ3n) is 4.69. The van der Waals surface area contributed by atoms with E-state index >= 15 is 0 Å². The van der Waals surface area contributed by atoms with Crippen molar-refractivity contribution in [1.29, 1.82) is 5.26 Å². The zero-order valence-corrected chi connectivity index (χ0v) is 18.9. The second-order valence-electron chi connectivity index (χ2n) is 7.71. The summed E-state index contributed by atoms with van der Waals surface area (Å²) in [4.78, 5) is 16.8. The Kier molecular flexibility index (Phi) is 6.96. The maximum absolute atomic E-state index is 14.0. The van der Waals surface area contributed by atoms with Crippen molar-refractivity contribution in [2.24, 2.45) is 0 Å². The van der Waals surface area contributed by atoms with E-state index in [1.165, 1.54) is 18.4 Å². The van der Waals surface area contributed by atoms with E-state index < -0.39 is 11.4 Å². The second-order valence-corrected chi connectivity index (χ2v) is 8.11. The molecule has 3 rings (SSSR count). The molecule has 0 aliphatic carbocycles. The molecule has 0 saturated heterocycles. The Morgan fingerprint density at radius 1 is 1.47 bits per heavy atom. The molecule has 1 atom stereocenters. The van der Waals surface area contributed by atoms with Crippen LogP contribution < -0.4 is 5.32 Å². The highest BCUT2D eigenvalue weighted by molar-refractivity contribution is 6.32. The first-order valence-electron chi connectivity index (χ1n) is 9.98. The Morgan fingerprint density at radius 3 is 2.88 bits per heavy atom. The molecule has 0 aliphatic rings. The highest BCUT2D eigenvalue weighted by Gasteiger charge is 2.28. The zero-order valence-electron chi connectivity index (χ0n) is 18.1. The first-order valence-corrected chi connectivity index (χ1v) is 10.4. The van der Waals surface area contributed by atoms with Crippen LogP contribution in [0.2, 0.25) is 5.02 Å². The topological polar surface area (TPSA) is 106 Å². The van der Waals surface area contributed by atoms with Gasteiger partial charge < -0.3 is 14.5 Å². The molecule has 10 heteroatoms. The van der Waals surface area contributed by atoms with Crippen molar-refractivity contribution in [2.75, 3.05) is 6.61 Å². The number of rotatable bonds is 8. The molecule has 0 unspecified atom stereocenters. The lowest BCUT2D eigenvalue weighted by molar-refractivity contribution is -0.0336. The number of carbonyl (C=O) groups excluding carboxylic acids is 1. The fraction of sp³-hybridized carbons (Fsp3) is 0.364. The number of ether oxygens (including phenoxy) is 1. The van der Waals surface area contributed by atoms with E-state index in [2.05, 4.69) is 15.4 Å². The van der Waals surface area contributed by atoms with E-state index in [1.807, 2.05) is 27.7 Å². The van der Waals surface area contributed by atoms with Crippen molar-refractivity contribution in [1.82, 2.24) is 20.1 Å². The Labute approximate surface area is 190 Å². The van der Waals surface area contributed by atoms with E-state index in [9.17, 15) is 9.18 Å². The van der Waals surface area contributed by atoms with Crippen LogP contribution in [0.15, 0.2) is 35.1 Å².